The van der Waals surface area contributed by atoms with Gasteiger partial charge in [-0.2, -0.15) is 0 Å². The molecule has 2 aliphatic carbocycles. The predicted octanol–water partition coefficient (Wildman–Crippen LogP) is 2.27. The predicted molar refractivity (Wildman–Crippen MR) is 76.8 cm³/mol. The van der Waals surface area contributed by atoms with Gasteiger partial charge in [0.05, 0.1) is 5.41 Å². The number of rotatable bonds is 3. The average Bonchev–Trinajstić information content (AvgIpc) is 3.01. The molecule has 3 nitrogen and oxygen atoms in total. The van der Waals surface area contributed by atoms with Crippen LogP contribution in [0.15, 0.2) is 0 Å². The summed E-state index contributed by atoms with van der Waals surface area (Å²) in [5.74, 6) is 3.04. The fourth-order valence-corrected chi connectivity index (χ4v) is 4.73. The number of fused-ring (bicyclic) bond motifs is 2. The van der Waals surface area contributed by atoms with Crippen molar-refractivity contribution >= 4 is 5.91 Å². The van der Waals surface area contributed by atoms with Crippen molar-refractivity contribution in [3.63, 3.8) is 0 Å². The highest BCUT2D eigenvalue weighted by atomic mass is 16.2. The van der Waals surface area contributed by atoms with Crippen LogP contribution in [-0.4, -0.2) is 37.5 Å². The summed E-state index contributed by atoms with van der Waals surface area (Å²) in [6.07, 6.45) is 7.84. The Bertz CT molecular complexity index is 349. The van der Waals surface area contributed by atoms with E-state index in [9.17, 15) is 4.79 Å². The van der Waals surface area contributed by atoms with Crippen molar-refractivity contribution in [3.8, 4) is 0 Å². The lowest BCUT2D eigenvalue weighted by molar-refractivity contribution is -0.141. The van der Waals surface area contributed by atoms with E-state index in [1.54, 1.807) is 0 Å². The maximum atomic E-state index is 12.7. The largest absolute Gasteiger partial charge is 0.345 e. The number of hydrogen-bond donors (Lipinski definition) is 1. The van der Waals surface area contributed by atoms with E-state index < -0.39 is 0 Å². The third-order valence-electron chi connectivity index (χ3n) is 5.85. The van der Waals surface area contributed by atoms with E-state index in [-0.39, 0.29) is 5.41 Å². The third-order valence-corrected chi connectivity index (χ3v) is 5.85. The molecule has 3 aliphatic rings. The van der Waals surface area contributed by atoms with E-state index in [4.69, 9.17) is 0 Å². The minimum atomic E-state index is -0.162. The van der Waals surface area contributed by atoms with E-state index in [1.165, 1.54) is 25.7 Å². The second-order valence-corrected chi connectivity index (χ2v) is 7.46. The number of piperidine rings is 1. The Kier molecular flexibility index (Phi) is 3.59. The topological polar surface area (TPSA) is 32.3 Å². The van der Waals surface area contributed by atoms with Crippen LogP contribution in [0.5, 0.6) is 0 Å². The molecule has 1 amide bonds. The van der Waals surface area contributed by atoms with Gasteiger partial charge in [-0.3, -0.25) is 4.79 Å². The lowest BCUT2D eigenvalue weighted by Gasteiger charge is -2.37. The molecule has 19 heavy (non-hydrogen) atoms. The first-order valence-electron chi connectivity index (χ1n) is 8.05. The molecule has 1 heterocycles. The van der Waals surface area contributed by atoms with Gasteiger partial charge in [0, 0.05) is 20.1 Å². The minimum absolute atomic E-state index is 0.162. The molecular weight excluding hydrogens is 236 g/mol. The minimum Gasteiger partial charge on any atom is -0.345 e. The summed E-state index contributed by atoms with van der Waals surface area (Å²) in [5, 5.41) is 3.38. The summed E-state index contributed by atoms with van der Waals surface area (Å²) >= 11 is 0. The summed E-state index contributed by atoms with van der Waals surface area (Å²) in [5.41, 5.74) is -0.162. The molecule has 0 radical (unpaired) electrons. The molecule has 3 heteroatoms. The standard InChI is InChI=1S/C16H28N2O/c1-16(6-3-7-17-11-16)15(19)18(2)10-14-9-12-4-5-13(14)8-12/h12-14,17H,3-11H2,1-2H3. The number of carbonyl (C=O) groups excluding carboxylic acids is 1. The van der Waals surface area contributed by atoms with Crippen LogP contribution in [0.1, 0.15) is 45.4 Å². The van der Waals surface area contributed by atoms with Crippen molar-refractivity contribution in [2.45, 2.75) is 45.4 Å². The summed E-state index contributed by atoms with van der Waals surface area (Å²) in [7, 11) is 2.02. The lowest BCUT2D eigenvalue weighted by Crippen LogP contribution is -2.50. The van der Waals surface area contributed by atoms with Gasteiger partial charge < -0.3 is 10.2 Å². The summed E-state index contributed by atoms with van der Waals surface area (Å²) in [6.45, 7) is 5.06. The Morgan fingerprint density at radius 2 is 2.21 bits per heavy atom. The fourth-order valence-electron chi connectivity index (χ4n) is 4.73. The monoisotopic (exact) mass is 264 g/mol. The molecule has 0 aromatic carbocycles. The quantitative estimate of drug-likeness (QED) is 0.848. The van der Waals surface area contributed by atoms with Gasteiger partial charge in [0.1, 0.15) is 0 Å². The zero-order chi connectivity index (χ0) is 13.5. The van der Waals surface area contributed by atoms with Crippen LogP contribution in [0.2, 0.25) is 0 Å². The zero-order valence-corrected chi connectivity index (χ0v) is 12.5. The Morgan fingerprint density at radius 1 is 1.37 bits per heavy atom. The van der Waals surface area contributed by atoms with Gasteiger partial charge in [0.2, 0.25) is 5.91 Å². The summed E-state index contributed by atoms with van der Waals surface area (Å²) < 4.78 is 0. The van der Waals surface area contributed by atoms with Crippen molar-refractivity contribution in [1.82, 2.24) is 10.2 Å². The van der Waals surface area contributed by atoms with Crippen LogP contribution in [-0.2, 0) is 4.79 Å². The SMILES string of the molecule is CN(CC1CC2CCC1C2)C(=O)C1(C)CCCNC1. The van der Waals surface area contributed by atoms with Crippen molar-refractivity contribution < 1.29 is 4.79 Å². The van der Waals surface area contributed by atoms with E-state index in [0.29, 0.717) is 5.91 Å². The molecule has 0 aromatic rings. The second kappa shape index (κ2) is 5.08. The van der Waals surface area contributed by atoms with Crippen LogP contribution >= 0.6 is 0 Å². The number of nitrogens with zero attached hydrogens (tertiary/aromatic N) is 1. The molecule has 4 unspecified atom stereocenters. The Labute approximate surface area is 117 Å². The van der Waals surface area contributed by atoms with Crippen molar-refractivity contribution in [3.05, 3.63) is 0 Å². The smallest absolute Gasteiger partial charge is 0.229 e. The first-order valence-corrected chi connectivity index (χ1v) is 8.05. The molecule has 2 saturated carbocycles. The first-order chi connectivity index (χ1) is 9.08. The van der Waals surface area contributed by atoms with Crippen molar-refractivity contribution in [2.75, 3.05) is 26.7 Å². The molecule has 3 rings (SSSR count). The van der Waals surface area contributed by atoms with Crippen LogP contribution in [0.4, 0.5) is 0 Å². The average molecular weight is 264 g/mol. The van der Waals surface area contributed by atoms with Gasteiger partial charge in [-0.1, -0.05) is 6.42 Å². The van der Waals surface area contributed by atoms with Crippen molar-refractivity contribution in [1.29, 1.82) is 0 Å². The molecular formula is C16H28N2O. The van der Waals surface area contributed by atoms with Crippen LogP contribution in [0, 0.1) is 23.2 Å². The van der Waals surface area contributed by atoms with E-state index >= 15 is 0 Å². The van der Waals surface area contributed by atoms with Gasteiger partial charge in [0.15, 0.2) is 0 Å². The third kappa shape index (κ3) is 2.54. The Balaban J connectivity index is 1.57. The number of hydrogen-bond acceptors (Lipinski definition) is 2. The normalized spacial score (nSPS) is 41.5. The Morgan fingerprint density at radius 3 is 2.79 bits per heavy atom. The van der Waals surface area contributed by atoms with Gasteiger partial charge >= 0.3 is 0 Å². The highest BCUT2D eigenvalue weighted by molar-refractivity contribution is 5.82. The number of nitrogens with one attached hydrogen (secondary N) is 1. The van der Waals surface area contributed by atoms with Crippen LogP contribution in [0.3, 0.4) is 0 Å². The zero-order valence-electron chi connectivity index (χ0n) is 12.5. The maximum Gasteiger partial charge on any atom is 0.229 e. The molecule has 108 valence electrons. The highest BCUT2D eigenvalue weighted by Crippen LogP contribution is 2.48. The van der Waals surface area contributed by atoms with Gasteiger partial charge in [0.25, 0.3) is 0 Å². The first kappa shape index (κ1) is 13.4. The molecule has 0 spiro atoms. The number of carbonyl (C=O) groups is 1. The molecule has 1 saturated heterocycles. The summed E-state index contributed by atoms with van der Waals surface area (Å²) in [6, 6.07) is 0. The Hall–Kier alpha value is -0.570. The molecule has 4 atom stereocenters. The van der Waals surface area contributed by atoms with Gasteiger partial charge in [-0.15, -0.1) is 0 Å². The molecule has 2 bridgehead atoms. The molecule has 3 fully saturated rings. The van der Waals surface area contributed by atoms with E-state index in [0.717, 1.165) is 50.2 Å². The number of amides is 1. The molecule has 0 aromatic heterocycles. The van der Waals surface area contributed by atoms with E-state index in [1.807, 2.05) is 11.9 Å². The maximum absolute atomic E-state index is 12.7. The van der Waals surface area contributed by atoms with Gasteiger partial charge in [-0.25, -0.2) is 0 Å². The van der Waals surface area contributed by atoms with Crippen molar-refractivity contribution in [2.24, 2.45) is 23.2 Å². The summed E-state index contributed by atoms with van der Waals surface area (Å²) in [4.78, 5) is 14.7. The van der Waals surface area contributed by atoms with Crippen LogP contribution in [0.25, 0.3) is 0 Å². The molecule has 1 aliphatic heterocycles. The lowest BCUT2D eigenvalue weighted by atomic mass is 9.81. The molecule has 1 N–H and O–H groups in total. The van der Waals surface area contributed by atoms with E-state index in [2.05, 4.69) is 12.2 Å². The highest BCUT2D eigenvalue weighted by Gasteiger charge is 2.42. The van der Waals surface area contributed by atoms with Gasteiger partial charge in [-0.05, 0) is 63.3 Å². The second-order valence-electron chi connectivity index (χ2n) is 7.46. The van der Waals surface area contributed by atoms with Crippen LogP contribution < -0.4 is 5.32 Å². The fraction of sp³-hybridized carbons (Fsp3) is 0.938.